The van der Waals surface area contributed by atoms with Crippen LogP contribution in [0.4, 0.5) is 39.0 Å². The molecule has 0 saturated carbocycles. The van der Waals surface area contributed by atoms with Crippen LogP contribution in [-0.2, 0) is 10.0 Å². The van der Waals surface area contributed by atoms with E-state index in [1.54, 1.807) is 13.3 Å². The van der Waals surface area contributed by atoms with Crippen molar-refractivity contribution in [2.24, 2.45) is 0 Å². The lowest BCUT2D eigenvalue weighted by molar-refractivity contribution is 0.0981. The van der Waals surface area contributed by atoms with Crippen molar-refractivity contribution in [1.29, 1.82) is 0 Å². The molecule has 5 rings (SSSR count). The first-order valence-electron chi connectivity index (χ1n) is 13.6. The Morgan fingerprint density at radius 1 is 0.976 bits per heavy atom. The van der Waals surface area contributed by atoms with E-state index in [2.05, 4.69) is 63.0 Å². The molecule has 0 radical (unpaired) electrons. The fraction of sp³-hybridized carbons (Fsp3) is 0.444. The predicted molar refractivity (Wildman–Crippen MR) is 166 cm³/mol. The number of methoxy groups -OCH3 is 1. The summed E-state index contributed by atoms with van der Waals surface area (Å²) in [7, 11) is 0.110. The Morgan fingerprint density at radius 2 is 1.69 bits per heavy atom. The zero-order valence-corrected chi connectivity index (χ0v) is 26.2. The van der Waals surface area contributed by atoms with Gasteiger partial charge in [-0.1, -0.05) is 0 Å². The van der Waals surface area contributed by atoms with Crippen molar-refractivity contribution in [1.82, 2.24) is 24.8 Å². The van der Waals surface area contributed by atoms with Crippen LogP contribution in [0.5, 0.6) is 5.88 Å². The summed E-state index contributed by atoms with van der Waals surface area (Å²) >= 11 is 3.41. The van der Waals surface area contributed by atoms with Gasteiger partial charge >= 0.3 is 0 Å². The van der Waals surface area contributed by atoms with Gasteiger partial charge in [-0.3, -0.25) is 9.62 Å². The minimum absolute atomic E-state index is 0.0477. The highest BCUT2D eigenvalue weighted by molar-refractivity contribution is 9.10. The SMILES string of the molecule is COc1nc(N2CCC(N3CCN(C)CC3)CC2)ccc1Nc1ncc(Br)c(Nc2ccc(F)cc2NS(C)(=O)=O)n1. The minimum Gasteiger partial charge on any atom is -0.479 e. The molecule has 2 aromatic heterocycles. The van der Waals surface area contributed by atoms with E-state index in [0.29, 0.717) is 33.6 Å². The molecule has 0 spiro atoms. The monoisotopic (exact) mass is 663 g/mol. The topological polar surface area (TPSA) is 128 Å². The Labute approximate surface area is 253 Å². The number of likely N-dealkylation sites (N-methyl/N-ethyl adjacent to an activating group) is 1. The van der Waals surface area contributed by atoms with Crippen molar-refractivity contribution in [2.75, 3.05) is 79.9 Å². The number of anilines is 6. The summed E-state index contributed by atoms with van der Waals surface area (Å²) < 4.78 is 45.8. The zero-order chi connectivity index (χ0) is 29.9. The lowest BCUT2D eigenvalue weighted by atomic mass is 10.0. The molecule has 12 nitrogen and oxygen atoms in total. The number of ether oxygens (including phenoxy) is 1. The molecule has 0 atom stereocenters. The number of nitrogens with zero attached hydrogens (tertiary/aromatic N) is 6. The number of aromatic nitrogens is 3. The number of hydrogen-bond donors (Lipinski definition) is 3. The molecule has 2 saturated heterocycles. The van der Waals surface area contributed by atoms with Crippen molar-refractivity contribution in [3.8, 4) is 5.88 Å². The second-order valence-electron chi connectivity index (χ2n) is 10.5. The molecule has 4 heterocycles. The van der Waals surface area contributed by atoms with E-state index in [4.69, 9.17) is 9.72 Å². The third kappa shape index (κ3) is 7.56. The van der Waals surface area contributed by atoms with Crippen molar-refractivity contribution in [3.63, 3.8) is 0 Å². The number of hydrogen-bond acceptors (Lipinski definition) is 11. The maximum atomic E-state index is 13.8. The Bertz CT molecular complexity index is 1510. The third-order valence-corrected chi connectivity index (χ3v) is 8.57. The van der Waals surface area contributed by atoms with Crippen LogP contribution in [0, 0.1) is 5.82 Å². The average molecular weight is 665 g/mol. The maximum Gasteiger partial charge on any atom is 0.239 e. The highest BCUT2D eigenvalue weighted by Gasteiger charge is 2.27. The first-order chi connectivity index (χ1) is 20.1. The number of benzene rings is 1. The number of halogens is 2. The van der Waals surface area contributed by atoms with Crippen molar-refractivity contribution in [3.05, 3.63) is 46.8 Å². The van der Waals surface area contributed by atoms with Gasteiger partial charge in [-0.05, 0) is 60.1 Å². The molecule has 2 aliphatic rings. The molecule has 0 aliphatic carbocycles. The van der Waals surface area contributed by atoms with Crippen LogP contribution in [0.25, 0.3) is 0 Å². The van der Waals surface area contributed by atoms with E-state index in [1.807, 2.05) is 12.1 Å². The summed E-state index contributed by atoms with van der Waals surface area (Å²) in [5.41, 5.74) is 0.946. The van der Waals surface area contributed by atoms with Gasteiger partial charge in [0.1, 0.15) is 23.1 Å². The number of sulfonamides is 1. The van der Waals surface area contributed by atoms with Crippen LogP contribution in [-0.4, -0.2) is 98.9 Å². The second kappa shape index (κ2) is 12.9. The molecular formula is C27H35BrFN9O3S. The highest BCUT2D eigenvalue weighted by atomic mass is 79.9. The van der Waals surface area contributed by atoms with Gasteiger partial charge in [-0.15, -0.1) is 0 Å². The number of nitrogens with one attached hydrogen (secondary N) is 3. The first kappa shape index (κ1) is 30.2. The Balaban J connectivity index is 1.27. The van der Waals surface area contributed by atoms with Gasteiger partial charge in [0.25, 0.3) is 0 Å². The smallest absolute Gasteiger partial charge is 0.239 e. The van der Waals surface area contributed by atoms with Gasteiger partial charge in [0.15, 0.2) is 0 Å². The molecular weight excluding hydrogens is 629 g/mol. The number of piperazine rings is 1. The first-order valence-corrected chi connectivity index (χ1v) is 16.3. The Hall–Kier alpha value is -3.27. The molecule has 42 heavy (non-hydrogen) atoms. The summed E-state index contributed by atoms with van der Waals surface area (Å²) in [6.45, 7) is 6.38. The molecule has 3 aromatic rings. The summed E-state index contributed by atoms with van der Waals surface area (Å²) in [6, 6.07) is 8.19. The van der Waals surface area contributed by atoms with Gasteiger partial charge in [0.2, 0.25) is 21.9 Å². The Morgan fingerprint density at radius 3 is 2.38 bits per heavy atom. The largest absolute Gasteiger partial charge is 0.479 e. The molecule has 226 valence electrons. The number of piperidine rings is 1. The molecule has 0 amide bonds. The summed E-state index contributed by atoms with van der Waals surface area (Å²) in [5, 5.41) is 6.19. The quantitative estimate of drug-likeness (QED) is 0.309. The number of rotatable bonds is 9. The highest BCUT2D eigenvalue weighted by Crippen LogP contribution is 2.33. The van der Waals surface area contributed by atoms with Crippen LogP contribution in [0.3, 0.4) is 0 Å². The van der Waals surface area contributed by atoms with Crippen LogP contribution < -0.4 is 25.0 Å². The molecule has 2 fully saturated rings. The second-order valence-corrected chi connectivity index (χ2v) is 13.1. The summed E-state index contributed by atoms with van der Waals surface area (Å²) in [5.74, 6) is 1.27. The maximum absolute atomic E-state index is 13.8. The van der Waals surface area contributed by atoms with Gasteiger partial charge < -0.3 is 25.2 Å². The molecule has 15 heteroatoms. The lowest BCUT2D eigenvalue weighted by Gasteiger charge is -2.42. The molecule has 1 aromatic carbocycles. The van der Waals surface area contributed by atoms with Crippen LogP contribution >= 0.6 is 15.9 Å². The van der Waals surface area contributed by atoms with Gasteiger partial charge in [0, 0.05) is 57.6 Å². The molecule has 3 N–H and O–H groups in total. The lowest BCUT2D eigenvalue weighted by Crippen LogP contribution is -2.52. The van der Waals surface area contributed by atoms with Crippen molar-refractivity contribution < 1.29 is 17.5 Å². The standard InChI is InChI=1S/C27H35BrFN9O3S/c1-36-12-14-37(15-13-36)19-8-10-38(11-9-19)24-7-6-22(26(33-24)41-2)32-27-30-17-20(28)25(34-27)31-21-5-4-18(29)16-23(21)35-42(3,39)40/h4-7,16-17,19,35H,8-15H2,1-3H3,(H2,30,31,32,34). The van der Waals surface area contributed by atoms with Crippen LogP contribution in [0.1, 0.15) is 12.8 Å². The molecule has 2 aliphatic heterocycles. The van der Waals surface area contributed by atoms with Crippen LogP contribution in [0.2, 0.25) is 0 Å². The summed E-state index contributed by atoms with van der Waals surface area (Å²) in [4.78, 5) is 20.9. The molecule has 0 unspecified atom stereocenters. The fourth-order valence-electron chi connectivity index (χ4n) is 5.18. The average Bonchev–Trinajstić information content (AvgIpc) is 2.96. The Kier molecular flexibility index (Phi) is 9.30. The number of pyridine rings is 1. The van der Waals surface area contributed by atoms with E-state index in [1.165, 1.54) is 12.1 Å². The zero-order valence-electron chi connectivity index (χ0n) is 23.8. The minimum atomic E-state index is -3.64. The van der Waals surface area contributed by atoms with Crippen LogP contribution in [0.15, 0.2) is 41.0 Å². The van der Waals surface area contributed by atoms with Gasteiger partial charge in [0.05, 0.1) is 29.2 Å². The normalized spacial score (nSPS) is 17.2. The third-order valence-electron chi connectivity index (χ3n) is 7.40. The van der Waals surface area contributed by atoms with Gasteiger partial charge in [-0.25, -0.2) is 17.8 Å². The van der Waals surface area contributed by atoms with E-state index in [-0.39, 0.29) is 11.6 Å². The van der Waals surface area contributed by atoms with E-state index in [0.717, 1.165) is 70.3 Å². The molecule has 0 bridgehead atoms. The van der Waals surface area contributed by atoms with E-state index < -0.39 is 15.8 Å². The van der Waals surface area contributed by atoms with E-state index >= 15 is 0 Å². The fourth-order valence-corrected chi connectivity index (χ4v) is 6.04. The van der Waals surface area contributed by atoms with Crippen molar-refractivity contribution >= 4 is 60.6 Å². The van der Waals surface area contributed by atoms with E-state index in [9.17, 15) is 12.8 Å². The predicted octanol–water partition coefficient (Wildman–Crippen LogP) is 3.86. The summed E-state index contributed by atoms with van der Waals surface area (Å²) in [6.07, 6.45) is 4.74. The van der Waals surface area contributed by atoms with Gasteiger partial charge in [-0.2, -0.15) is 9.97 Å². The van der Waals surface area contributed by atoms with Crippen molar-refractivity contribution in [2.45, 2.75) is 18.9 Å².